The maximum atomic E-state index is 5.22. The van der Waals surface area contributed by atoms with Gasteiger partial charge in [-0.25, -0.2) is 0 Å². The highest BCUT2D eigenvalue weighted by Gasteiger charge is 2.14. The summed E-state index contributed by atoms with van der Waals surface area (Å²) < 4.78 is 5.22. The first kappa shape index (κ1) is 16.9. The zero-order chi connectivity index (χ0) is 17.7. The van der Waals surface area contributed by atoms with Crippen molar-refractivity contribution in [2.75, 3.05) is 12.4 Å². The third-order valence-corrected chi connectivity index (χ3v) is 4.04. The predicted molar refractivity (Wildman–Crippen MR) is 106 cm³/mol. The van der Waals surface area contributed by atoms with Gasteiger partial charge in [0.15, 0.2) is 0 Å². The Hall–Kier alpha value is -2.92. The molecule has 0 amide bonds. The molecule has 1 aliphatic carbocycles. The first-order valence-corrected chi connectivity index (χ1v) is 8.47. The lowest BCUT2D eigenvalue weighted by molar-refractivity contribution is 0.339. The minimum Gasteiger partial charge on any atom is -0.504 e. The molecule has 126 valence electrons. The van der Waals surface area contributed by atoms with Crippen LogP contribution in [0, 0.1) is 11.8 Å². The first-order valence-electron chi connectivity index (χ1n) is 8.47. The highest BCUT2D eigenvalue weighted by atomic mass is 16.5. The van der Waals surface area contributed by atoms with Gasteiger partial charge in [0.2, 0.25) is 0 Å². The highest BCUT2D eigenvalue weighted by Crippen LogP contribution is 2.29. The molecular weight excluding hydrogens is 306 g/mol. The van der Waals surface area contributed by atoms with Gasteiger partial charge < -0.3 is 10.1 Å². The molecular formula is C23H23NO. The summed E-state index contributed by atoms with van der Waals surface area (Å²) in [7, 11) is 1.69. The van der Waals surface area contributed by atoms with Crippen molar-refractivity contribution in [2.24, 2.45) is 0 Å². The minimum absolute atomic E-state index is 0.317. The van der Waals surface area contributed by atoms with Crippen molar-refractivity contribution in [3.63, 3.8) is 0 Å². The largest absolute Gasteiger partial charge is 0.504 e. The van der Waals surface area contributed by atoms with Gasteiger partial charge in [0.25, 0.3) is 0 Å². The molecule has 3 rings (SSSR count). The molecule has 0 bridgehead atoms. The van der Waals surface area contributed by atoms with Crippen LogP contribution < -0.4 is 5.32 Å². The van der Waals surface area contributed by atoms with Crippen molar-refractivity contribution in [1.82, 2.24) is 0 Å². The van der Waals surface area contributed by atoms with Crippen LogP contribution in [0.25, 0.3) is 11.6 Å². The second-order valence-corrected chi connectivity index (χ2v) is 6.65. The quantitative estimate of drug-likeness (QED) is 0.607. The SMILES string of the molecule is COC=C1CC=Cc2ccc(C#CC(C)(C)Nc3ccccc3)cc21. The number of para-hydroxylation sites is 1. The molecule has 2 nitrogen and oxygen atoms in total. The Kier molecular flexibility index (Phi) is 4.95. The topological polar surface area (TPSA) is 21.3 Å². The van der Waals surface area contributed by atoms with E-state index in [-0.39, 0.29) is 5.54 Å². The molecule has 1 aliphatic rings. The molecule has 0 saturated carbocycles. The van der Waals surface area contributed by atoms with Gasteiger partial charge in [-0.1, -0.05) is 48.3 Å². The number of anilines is 1. The summed E-state index contributed by atoms with van der Waals surface area (Å²) in [6.45, 7) is 4.18. The van der Waals surface area contributed by atoms with Crippen molar-refractivity contribution >= 4 is 17.3 Å². The lowest BCUT2D eigenvalue weighted by Crippen LogP contribution is -2.28. The van der Waals surface area contributed by atoms with Crippen molar-refractivity contribution in [2.45, 2.75) is 25.8 Å². The third-order valence-electron chi connectivity index (χ3n) is 4.04. The predicted octanol–water partition coefficient (Wildman–Crippen LogP) is 5.33. The van der Waals surface area contributed by atoms with Crippen LogP contribution in [0.2, 0.25) is 0 Å². The van der Waals surface area contributed by atoms with E-state index >= 15 is 0 Å². The number of nitrogens with one attached hydrogen (secondary N) is 1. The van der Waals surface area contributed by atoms with Crippen molar-refractivity contribution in [3.05, 3.63) is 77.6 Å². The molecule has 0 heterocycles. The fraction of sp³-hybridized carbons (Fsp3) is 0.217. The van der Waals surface area contributed by atoms with E-state index in [1.807, 2.05) is 24.5 Å². The van der Waals surface area contributed by atoms with Crippen LogP contribution in [0.3, 0.4) is 0 Å². The number of hydrogen-bond donors (Lipinski definition) is 1. The summed E-state index contributed by atoms with van der Waals surface area (Å²) in [6.07, 6.45) is 7.02. The van der Waals surface area contributed by atoms with E-state index in [9.17, 15) is 0 Å². The number of rotatable bonds is 3. The van der Waals surface area contributed by atoms with E-state index in [4.69, 9.17) is 4.74 Å². The van der Waals surface area contributed by atoms with Gasteiger partial charge in [-0.05, 0) is 61.2 Å². The average molecular weight is 329 g/mol. The number of ether oxygens (including phenoxy) is 1. The fourth-order valence-electron chi connectivity index (χ4n) is 2.88. The minimum atomic E-state index is -0.317. The van der Waals surface area contributed by atoms with Gasteiger partial charge in [-0.3, -0.25) is 0 Å². The van der Waals surface area contributed by atoms with E-state index in [0.717, 1.165) is 17.7 Å². The molecule has 0 atom stereocenters. The molecule has 2 aromatic carbocycles. The summed E-state index contributed by atoms with van der Waals surface area (Å²) in [5.41, 5.74) is 5.36. The average Bonchev–Trinajstić information content (AvgIpc) is 2.61. The normalized spacial score (nSPS) is 14.4. The van der Waals surface area contributed by atoms with Gasteiger partial charge in [-0.15, -0.1) is 0 Å². The standard InChI is InChI=1S/C23H23NO/c1-23(2,24-21-10-5-4-6-11-21)15-14-18-12-13-19-8-7-9-20(17-25-3)22(19)16-18/h4-8,10-13,16-17,24H,9H2,1-3H3. The van der Waals surface area contributed by atoms with Gasteiger partial charge >= 0.3 is 0 Å². The maximum absolute atomic E-state index is 5.22. The molecule has 0 spiro atoms. The monoisotopic (exact) mass is 329 g/mol. The van der Waals surface area contributed by atoms with Gasteiger partial charge in [0.05, 0.1) is 18.9 Å². The Morgan fingerprint density at radius 1 is 1.12 bits per heavy atom. The smallest absolute Gasteiger partial charge is 0.0933 e. The molecule has 2 aromatic rings. The van der Waals surface area contributed by atoms with Crippen LogP contribution in [-0.2, 0) is 4.74 Å². The molecule has 0 aromatic heterocycles. The number of hydrogen-bond acceptors (Lipinski definition) is 2. The lowest BCUT2D eigenvalue weighted by atomic mass is 9.91. The van der Waals surface area contributed by atoms with Crippen LogP contribution in [-0.4, -0.2) is 12.6 Å². The third kappa shape index (κ3) is 4.33. The summed E-state index contributed by atoms with van der Waals surface area (Å²) in [4.78, 5) is 0. The van der Waals surface area contributed by atoms with E-state index < -0.39 is 0 Å². The Balaban J connectivity index is 1.84. The zero-order valence-electron chi connectivity index (χ0n) is 15.0. The molecule has 0 unspecified atom stereocenters. The molecule has 2 heteroatoms. The molecule has 25 heavy (non-hydrogen) atoms. The van der Waals surface area contributed by atoms with E-state index in [0.29, 0.717) is 0 Å². The Morgan fingerprint density at radius 2 is 1.92 bits per heavy atom. The summed E-state index contributed by atoms with van der Waals surface area (Å²) in [6, 6.07) is 16.5. The van der Waals surface area contributed by atoms with Crippen LogP contribution >= 0.6 is 0 Å². The lowest BCUT2D eigenvalue weighted by Gasteiger charge is -2.21. The van der Waals surface area contributed by atoms with Crippen molar-refractivity contribution in [1.29, 1.82) is 0 Å². The number of benzene rings is 2. The van der Waals surface area contributed by atoms with Crippen molar-refractivity contribution < 1.29 is 4.74 Å². The Labute approximate surface area is 150 Å². The summed E-state index contributed by atoms with van der Waals surface area (Å²) in [5.74, 6) is 6.66. The van der Waals surface area contributed by atoms with Crippen LogP contribution in [0.4, 0.5) is 5.69 Å². The van der Waals surface area contributed by atoms with E-state index in [1.54, 1.807) is 7.11 Å². The summed E-state index contributed by atoms with van der Waals surface area (Å²) in [5, 5.41) is 3.46. The number of allylic oxidation sites excluding steroid dienone is 2. The fourth-order valence-corrected chi connectivity index (χ4v) is 2.88. The molecule has 0 radical (unpaired) electrons. The second kappa shape index (κ2) is 7.32. The molecule has 1 N–H and O–H groups in total. The second-order valence-electron chi connectivity index (χ2n) is 6.65. The zero-order valence-corrected chi connectivity index (χ0v) is 15.0. The number of fused-ring (bicyclic) bond motifs is 1. The number of methoxy groups -OCH3 is 1. The van der Waals surface area contributed by atoms with Gasteiger partial charge in [0, 0.05) is 11.3 Å². The van der Waals surface area contributed by atoms with Gasteiger partial charge in [-0.2, -0.15) is 0 Å². The summed E-state index contributed by atoms with van der Waals surface area (Å²) >= 11 is 0. The van der Waals surface area contributed by atoms with E-state index in [1.165, 1.54) is 16.7 Å². The van der Waals surface area contributed by atoms with Gasteiger partial charge in [0.1, 0.15) is 0 Å². The molecule has 0 saturated heterocycles. The Morgan fingerprint density at radius 3 is 2.68 bits per heavy atom. The van der Waals surface area contributed by atoms with E-state index in [2.05, 4.69) is 73.5 Å². The Bertz CT molecular complexity index is 864. The molecule has 0 aliphatic heterocycles. The molecule has 0 fully saturated rings. The maximum Gasteiger partial charge on any atom is 0.0933 e. The van der Waals surface area contributed by atoms with Crippen LogP contribution in [0.5, 0.6) is 0 Å². The highest BCUT2D eigenvalue weighted by molar-refractivity contribution is 5.79. The van der Waals surface area contributed by atoms with Crippen LogP contribution in [0.1, 0.15) is 37.0 Å². The van der Waals surface area contributed by atoms with Crippen molar-refractivity contribution in [3.8, 4) is 11.8 Å². The first-order chi connectivity index (χ1) is 12.1. The van der Waals surface area contributed by atoms with Crippen LogP contribution in [0.15, 0.2) is 60.9 Å².